The highest BCUT2D eigenvalue weighted by atomic mass is 32.2. The molecule has 0 amide bonds. The van der Waals surface area contributed by atoms with Gasteiger partial charge in [-0.2, -0.15) is 0 Å². The molecule has 2 rings (SSSR count). The Morgan fingerprint density at radius 3 is 2.78 bits per heavy atom. The Labute approximate surface area is 107 Å². The molecule has 0 bridgehead atoms. The van der Waals surface area contributed by atoms with Gasteiger partial charge in [-0.25, -0.2) is 0 Å². The Balaban J connectivity index is 2.00. The number of alkyl halides is 3. The number of para-hydroxylation sites is 1. The summed E-state index contributed by atoms with van der Waals surface area (Å²) in [6.07, 6.45) is -2.96. The monoisotopic (exact) mass is 276 g/mol. The SMILES string of the molecule is FC(F)(F)Oc1ccccc1CSN1C=NCC1. The van der Waals surface area contributed by atoms with Crippen LogP contribution < -0.4 is 4.74 Å². The topological polar surface area (TPSA) is 24.8 Å². The third-order valence-electron chi connectivity index (χ3n) is 2.24. The molecule has 1 aromatic carbocycles. The second-order valence-electron chi connectivity index (χ2n) is 3.59. The molecule has 0 saturated heterocycles. The van der Waals surface area contributed by atoms with E-state index in [9.17, 15) is 13.2 Å². The molecule has 98 valence electrons. The van der Waals surface area contributed by atoms with Crippen LogP contribution in [0.2, 0.25) is 0 Å². The molecule has 1 heterocycles. The van der Waals surface area contributed by atoms with Crippen molar-refractivity contribution in [3.63, 3.8) is 0 Å². The Bertz CT molecular complexity index is 437. The smallest absolute Gasteiger partial charge is 0.405 e. The Hall–Kier alpha value is -1.37. The summed E-state index contributed by atoms with van der Waals surface area (Å²) in [5, 5.41) is 0. The van der Waals surface area contributed by atoms with Crippen molar-refractivity contribution in [2.24, 2.45) is 4.99 Å². The van der Waals surface area contributed by atoms with Crippen LogP contribution in [0.5, 0.6) is 5.75 Å². The first-order chi connectivity index (χ1) is 8.54. The van der Waals surface area contributed by atoms with Crippen molar-refractivity contribution >= 4 is 18.3 Å². The maximum absolute atomic E-state index is 12.2. The maximum Gasteiger partial charge on any atom is 0.573 e. The average molecular weight is 276 g/mol. The Kier molecular flexibility index (Phi) is 4.00. The fourth-order valence-corrected chi connectivity index (χ4v) is 2.35. The minimum atomic E-state index is -4.66. The van der Waals surface area contributed by atoms with E-state index in [-0.39, 0.29) is 5.75 Å². The first kappa shape index (κ1) is 13.1. The van der Waals surface area contributed by atoms with Crippen LogP contribution in [0.4, 0.5) is 13.2 Å². The van der Waals surface area contributed by atoms with Crippen molar-refractivity contribution in [3.8, 4) is 5.75 Å². The van der Waals surface area contributed by atoms with Crippen LogP contribution in [-0.2, 0) is 5.75 Å². The van der Waals surface area contributed by atoms with Crippen LogP contribution in [0.3, 0.4) is 0 Å². The largest absolute Gasteiger partial charge is 0.573 e. The molecule has 0 unspecified atom stereocenters. The van der Waals surface area contributed by atoms with Gasteiger partial charge in [-0.1, -0.05) is 18.2 Å². The van der Waals surface area contributed by atoms with Gasteiger partial charge in [-0.3, -0.25) is 4.99 Å². The lowest BCUT2D eigenvalue weighted by atomic mass is 10.2. The summed E-state index contributed by atoms with van der Waals surface area (Å²) >= 11 is 1.41. The first-order valence-electron chi connectivity index (χ1n) is 5.28. The van der Waals surface area contributed by atoms with Gasteiger partial charge in [0.05, 0.1) is 19.4 Å². The lowest BCUT2D eigenvalue weighted by Gasteiger charge is -2.15. The van der Waals surface area contributed by atoms with E-state index in [0.29, 0.717) is 11.3 Å². The minimum Gasteiger partial charge on any atom is -0.405 e. The number of benzene rings is 1. The Morgan fingerprint density at radius 1 is 1.33 bits per heavy atom. The highest BCUT2D eigenvalue weighted by Crippen LogP contribution is 2.29. The fourth-order valence-electron chi connectivity index (χ4n) is 1.46. The average Bonchev–Trinajstić information content (AvgIpc) is 2.79. The number of hydrogen-bond acceptors (Lipinski definition) is 4. The van der Waals surface area contributed by atoms with E-state index >= 15 is 0 Å². The third-order valence-corrected chi connectivity index (χ3v) is 3.29. The molecule has 0 saturated carbocycles. The van der Waals surface area contributed by atoms with E-state index in [1.807, 2.05) is 4.31 Å². The molecule has 0 atom stereocenters. The summed E-state index contributed by atoms with van der Waals surface area (Å²) in [5.74, 6) is 0.270. The Morgan fingerprint density at radius 2 is 2.11 bits per heavy atom. The number of nitrogens with zero attached hydrogens (tertiary/aromatic N) is 2. The van der Waals surface area contributed by atoms with Crippen molar-refractivity contribution in [2.75, 3.05) is 13.1 Å². The van der Waals surface area contributed by atoms with Gasteiger partial charge in [-0.15, -0.1) is 13.2 Å². The number of aliphatic imine (C=N–C) groups is 1. The van der Waals surface area contributed by atoms with E-state index < -0.39 is 6.36 Å². The summed E-state index contributed by atoms with van der Waals surface area (Å²) in [7, 11) is 0. The molecular weight excluding hydrogens is 265 g/mol. The minimum absolute atomic E-state index is 0.145. The van der Waals surface area contributed by atoms with Crippen LogP contribution in [0.1, 0.15) is 5.56 Å². The highest BCUT2D eigenvalue weighted by Gasteiger charge is 2.32. The van der Waals surface area contributed by atoms with E-state index in [4.69, 9.17) is 0 Å². The molecule has 0 spiro atoms. The van der Waals surface area contributed by atoms with Crippen molar-refractivity contribution in [1.82, 2.24) is 4.31 Å². The highest BCUT2D eigenvalue weighted by molar-refractivity contribution is 7.96. The summed E-state index contributed by atoms with van der Waals surface area (Å²) in [6.45, 7) is 1.51. The molecule has 0 fully saturated rings. The van der Waals surface area contributed by atoms with E-state index in [1.165, 1.54) is 24.1 Å². The number of hydrogen-bond donors (Lipinski definition) is 0. The number of rotatable bonds is 4. The van der Waals surface area contributed by atoms with Crippen LogP contribution >= 0.6 is 11.9 Å². The molecule has 0 radical (unpaired) electrons. The van der Waals surface area contributed by atoms with Gasteiger partial charge in [0.2, 0.25) is 0 Å². The molecule has 0 N–H and O–H groups in total. The third kappa shape index (κ3) is 3.83. The standard InChI is InChI=1S/C11H11F3N2OS/c12-11(13,14)17-10-4-2-1-3-9(10)7-18-16-6-5-15-8-16/h1-4,8H,5-7H2. The van der Waals surface area contributed by atoms with Gasteiger partial charge in [0.25, 0.3) is 0 Å². The van der Waals surface area contributed by atoms with Gasteiger partial charge in [0, 0.05) is 11.3 Å². The molecular formula is C11H11F3N2OS. The molecule has 0 aliphatic carbocycles. The molecule has 7 heteroatoms. The lowest BCUT2D eigenvalue weighted by Crippen LogP contribution is -2.18. The molecule has 1 aliphatic rings. The zero-order chi connectivity index (χ0) is 13.0. The molecule has 0 aromatic heterocycles. The summed E-state index contributed by atoms with van der Waals surface area (Å²) in [6, 6.07) is 6.16. The van der Waals surface area contributed by atoms with E-state index in [0.717, 1.165) is 13.1 Å². The van der Waals surface area contributed by atoms with Crippen LogP contribution in [0, 0.1) is 0 Å². The predicted octanol–water partition coefficient (Wildman–Crippen LogP) is 3.08. The van der Waals surface area contributed by atoms with Crippen molar-refractivity contribution in [1.29, 1.82) is 0 Å². The second-order valence-corrected chi connectivity index (χ2v) is 4.61. The van der Waals surface area contributed by atoms with Gasteiger partial charge in [0.1, 0.15) is 5.75 Å². The first-order valence-corrected chi connectivity index (χ1v) is 6.22. The van der Waals surface area contributed by atoms with Crippen LogP contribution in [0.25, 0.3) is 0 Å². The molecule has 1 aliphatic heterocycles. The van der Waals surface area contributed by atoms with Gasteiger partial charge >= 0.3 is 6.36 Å². The molecule has 18 heavy (non-hydrogen) atoms. The molecule has 1 aromatic rings. The summed E-state index contributed by atoms with van der Waals surface area (Å²) < 4.78 is 42.5. The number of ether oxygens (including phenoxy) is 1. The molecule has 3 nitrogen and oxygen atoms in total. The zero-order valence-electron chi connectivity index (χ0n) is 9.35. The normalized spacial score (nSPS) is 15.2. The summed E-state index contributed by atoms with van der Waals surface area (Å²) in [4.78, 5) is 4.03. The predicted molar refractivity (Wildman–Crippen MR) is 64.5 cm³/mol. The van der Waals surface area contributed by atoms with Gasteiger partial charge in [0.15, 0.2) is 0 Å². The quantitative estimate of drug-likeness (QED) is 0.790. The van der Waals surface area contributed by atoms with Gasteiger partial charge < -0.3 is 9.04 Å². The maximum atomic E-state index is 12.2. The van der Waals surface area contributed by atoms with Crippen LogP contribution in [0.15, 0.2) is 29.3 Å². The van der Waals surface area contributed by atoms with E-state index in [2.05, 4.69) is 9.73 Å². The second kappa shape index (κ2) is 5.51. The zero-order valence-corrected chi connectivity index (χ0v) is 10.2. The summed E-state index contributed by atoms with van der Waals surface area (Å²) in [5.41, 5.74) is 0.514. The van der Waals surface area contributed by atoms with E-state index in [1.54, 1.807) is 18.5 Å². The van der Waals surface area contributed by atoms with Crippen LogP contribution in [-0.4, -0.2) is 30.1 Å². The van der Waals surface area contributed by atoms with Gasteiger partial charge in [-0.05, 0) is 18.0 Å². The lowest BCUT2D eigenvalue weighted by molar-refractivity contribution is -0.274. The van der Waals surface area contributed by atoms with Crippen molar-refractivity contribution < 1.29 is 17.9 Å². The van der Waals surface area contributed by atoms with Crippen molar-refractivity contribution in [2.45, 2.75) is 12.1 Å². The fraction of sp³-hybridized carbons (Fsp3) is 0.364. The number of halogens is 3. The van der Waals surface area contributed by atoms with Crippen molar-refractivity contribution in [3.05, 3.63) is 29.8 Å².